The van der Waals surface area contributed by atoms with Gasteiger partial charge in [-0.15, -0.1) is 0 Å². The van der Waals surface area contributed by atoms with Gasteiger partial charge in [-0.1, -0.05) is 25.7 Å². The van der Waals surface area contributed by atoms with Crippen molar-refractivity contribution in [1.82, 2.24) is 10.2 Å². The highest BCUT2D eigenvalue weighted by Gasteiger charge is 2.23. The van der Waals surface area contributed by atoms with E-state index >= 15 is 0 Å². The predicted molar refractivity (Wildman–Crippen MR) is 66.5 cm³/mol. The van der Waals surface area contributed by atoms with Crippen LogP contribution >= 0.6 is 0 Å². The zero-order valence-corrected chi connectivity index (χ0v) is 10.5. The Bertz CT molecular complexity index is 204. The van der Waals surface area contributed by atoms with E-state index in [0.29, 0.717) is 6.04 Å². The molecule has 94 valence electrons. The van der Waals surface area contributed by atoms with Crippen LogP contribution in [0.5, 0.6) is 0 Å². The monoisotopic (exact) mass is 226 g/mol. The third-order valence-electron chi connectivity index (χ3n) is 4.16. The van der Waals surface area contributed by atoms with E-state index in [-0.39, 0.29) is 6.10 Å². The third-order valence-corrected chi connectivity index (χ3v) is 4.16. The first-order valence-electron chi connectivity index (χ1n) is 6.88. The molecule has 0 spiro atoms. The number of nitrogens with zero attached hydrogens (tertiary/aromatic N) is 1. The molecule has 1 aliphatic carbocycles. The predicted octanol–water partition coefficient (Wildman–Crippen LogP) is 1.22. The highest BCUT2D eigenvalue weighted by molar-refractivity contribution is 4.79. The minimum absolute atomic E-state index is 0.108. The molecule has 3 nitrogen and oxygen atoms in total. The molecule has 1 unspecified atom stereocenters. The van der Waals surface area contributed by atoms with Crippen LogP contribution in [0.25, 0.3) is 0 Å². The maximum atomic E-state index is 10.1. The van der Waals surface area contributed by atoms with Crippen molar-refractivity contribution in [3.05, 3.63) is 0 Å². The van der Waals surface area contributed by atoms with Gasteiger partial charge in [0.05, 0.1) is 6.10 Å². The maximum absolute atomic E-state index is 10.1. The number of piperazine rings is 1. The molecule has 16 heavy (non-hydrogen) atoms. The summed E-state index contributed by atoms with van der Waals surface area (Å²) in [5.41, 5.74) is 0. The third kappa shape index (κ3) is 3.44. The summed E-state index contributed by atoms with van der Waals surface area (Å²) in [5, 5.41) is 13.5. The molecule has 2 aliphatic rings. The quantitative estimate of drug-likeness (QED) is 0.756. The molecule has 0 aromatic carbocycles. The lowest BCUT2D eigenvalue weighted by Gasteiger charge is -2.35. The highest BCUT2D eigenvalue weighted by atomic mass is 16.3. The van der Waals surface area contributed by atoms with E-state index in [9.17, 15) is 5.11 Å². The number of β-amino-alcohol motifs (C(OH)–C–C–N with tert-alkyl or cyclic N) is 1. The van der Waals surface area contributed by atoms with Crippen LogP contribution < -0.4 is 5.32 Å². The van der Waals surface area contributed by atoms with Gasteiger partial charge in [0.2, 0.25) is 0 Å². The van der Waals surface area contributed by atoms with E-state index < -0.39 is 0 Å². The SMILES string of the molecule is C[C@H]1CNCCN1CC(O)CC1CCCC1. The van der Waals surface area contributed by atoms with Gasteiger partial charge in [0.1, 0.15) is 0 Å². The van der Waals surface area contributed by atoms with Crippen LogP contribution in [0.4, 0.5) is 0 Å². The number of hydrogen-bond acceptors (Lipinski definition) is 3. The highest BCUT2D eigenvalue weighted by Crippen LogP contribution is 2.28. The maximum Gasteiger partial charge on any atom is 0.0669 e. The fourth-order valence-corrected chi connectivity index (χ4v) is 3.13. The Morgan fingerprint density at radius 1 is 1.38 bits per heavy atom. The van der Waals surface area contributed by atoms with Crippen molar-refractivity contribution < 1.29 is 5.11 Å². The van der Waals surface area contributed by atoms with Crippen molar-refractivity contribution in [1.29, 1.82) is 0 Å². The first-order valence-corrected chi connectivity index (χ1v) is 6.88. The second-order valence-electron chi connectivity index (χ2n) is 5.59. The van der Waals surface area contributed by atoms with E-state index in [0.717, 1.165) is 38.5 Å². The second kappa shape index (κ2) is 5.99. The van der Waals surface area contributed by atoms with Crippen LogP contribution in [0.3, 0.4) is 0 Å². The van der Waals surface area contributed by atoms with Crippen LogP contribution in [-0.2, 0) is 0 Å². The Balaban J connectivity index is 1.70. The average molecular weight is 226 g/mol. The van der Waals surface area contributed by atoms with E-state index in [2.05, 4.69) is 17.1 Å². The lowest BCUT2D eigenvalue weighted by Crippen LogP contribution is -2.52. The molecule has 0 amide bonds. The molecule has 1 saturated heterocycles. The molecule has 2 fully saturated rings. The molecule has 1 heterocycles. The van der Waals surface area contributed by atoms with Crippen LogP contribution in [0.15, 0.2) is 0 Å². The Kier molecular flexibility index (Phi) is 4.62. The second-order valence-corrected chi connectivity index (χ2v) is 5.59. The van der Waals surface area contributed by atoms with Gasteiger partial charge < -0.3 is 10.4 Å². The molecule has 2 atom stereocenters. The molecule has 0 radical (unpaired) electrons. The van der Waals surface area contributed by atoms with Crippen molar-refractivity contribution in [2.24, 2.45) is 5.92 Å². The van der Waals surface area contributed by atoms with Crippen LogP contribution in [0.1, 0.15) is 39.0 Å². The first-order chi connectivity index (χ1) is 7.75. The smallest absolute Gasteiger partial charge is 0.0669 e. The molecule has 0 aromatic heterocycles. The fourth-order valence-electron chi connectivity index (χ4n) is 3.13. The average Bonchev–Trinajstić information content (AvgIpc) is 2.74. The minimum atomic E-state index is -0.108. The normalized spacial score (nSPS) is 30.8. The summed E-state index contributed by atoms with van der Waals surface area (Å²) in [5.74, 6) is 0.799. The topological polar surface area (TPSA) is 35.5 Å². The van der Waals surface area contributed by atoms with E-state index in [1.54, 1.807) is 0 Å². The van der Waals surface area contributed by atoms with Gasteiger partial charge >= 0.3 is 0 Å². The Hall–Kier alpha value is -0.120. The summed E-state index contributed by atoms with van der Waals surface area (Å²) < 4.78 is 0. The summed E-state index contributed by atoms with van der Waals surface area (Å²) in [4.78, 5) is 2.43. The summed E-state index contributed by atoms with van der Waals surface area (Å²) in [6.07, 6.45) is 6.35. The van der Waals surface area contributed by atoms with E-state index in [1.165, 1.54) is 25.7 Å². The molecule has 1 saturated carbocycles. The van der Waals surface area contributed by atoms with Crippen molar-refractivity contribution >= 4 is 0 Å². The lowest BCUT2D eigenvalue weighted by molar-refractivity contribution is 0.0643. The molecule has 0 bridgehead atoms. The number of aliphatic hydroxyl groups excluding tert-OH is 1. The molecule has 0 aromatic rings. The molecule has 2 rings (SSSR count). The van der Waals surface area contributed by atoms with Gasteiger partial charge in [0, 0.05) is 32.2 Å². The zero-order chi connectivity index (χ0) is 11.4. The number of rotatable bonds is 4. The van der Waals surface area contributed by atoms with Crippen molar-refractivity contribution in [3.8, 4) is 0 Å². The van der Waals surface area contributed by atoms with Crippen molar-refractivity contribution in [2.45, 2.75) is 51.2 Å². The van der Waals surface area contributed by atoms with Crippen LogP contribution in [-0.4, -0.2) is 48.3 Å². The van der Waals surface area contributed by atoms with Gasteiger partial charge in [-0.2, -0.15) is 0 Å². The largest absolute Gasteiger partial charge is 0.392 e. The molecular formula is C13H26N2O. The zero-order valence-electron chi connectivity index (χ0n) is 10.5. The first kappa shape index (κ1) is 12.3. The van der Waals surface area contributed by atoms with Gasteiger partial charge in [-0.3, -0.25) is 4.90 Å². The summed E-state index contributed by atoms with van der Waals surface area (Å²) in [6.45, 7) is 6.34. The fraction of sp³-hybridized carbons (Fsp3) is 1.00. The van der Waals surface area contributed by atoms with Gasteiger partial charge in [-0.05, 0) is 19.3 Å². The number of hydrogen-bond donors (Lipinski definition) is 2. The van der Waals surface area contributed by atoms with Crippen LogP contribution in [0, 0.1) is 5.92 Å². The molecule has 3 heteroatoms. The van der Waals surface area contributed by atoms with Gasteiger partial charge in [0.15, 0.2) is 0 Å². The van der Waals surface area contributed by atoms with Crippen molar-refractivity contribution in [3.63, 3.8) is 0 Å². The summed E-state index contributed by atoms with van der Waals surface area (Å²) >= 11 is 0. The molecular weight excluding hydrogens is 200 g/mol. The Morgan fingerprint density at radius 2 is 2.12 bits per heavy atom. The number of nitrogens with one attached hydrogen (secondary N) is 1. The Morgan fingerprint density at radius 3 is 2.81 bits per heavy atom. The molecule has 2 N–H and O–H groups in total. The van der Waals surface area contributed by atoms with Crippen molar-refractivity contribution in [2.75, 3.05) is 26.2 Å². The van der Waals surface area contributed by atoms with E-state index in [1.807, 2.05) is 0 Å². The van der Waals surface area contributed by atoms with E-state index in [4.69, 9.17) is 0 Å². The van der Waals surface area contributed by atoms with Crippen LogP contribution in [0.2, 0.25) is 0 Å². The minimum Gasteiger partial charge on any atom is -0.392 e. The summed E-state index contributed by atoms with van der Waals surface area (Å²) in [7, 11) is 0. The van der Waals surface area contributed by atoms with Gasteiger partial charge in [-0.25, -0.2) is 0 Å². The standard InChI is InChI=1S/C13H26N2O/c1-11-9-14-6-7-15(11)10-13(16)8-12-4-2-3-5-12/h11-14,16H,2-10H2,1H3/t11-,13?/m0/s1. The Labute approximate surface area is 99.2 Å². The lowest BCUT2D eigenvalue weighted by atomic mass is 9.99. The summed E-state index contributed by atoms with van der Waals surface area (Å²) in [6, 6.07) is 0.576. The number of aliphatic hydroxyl groups is 1. The molecule has 1 aliphatic heterocycles. The van der Waals surface area contributed by atoms with Gasteiger partial charge in [0.25, 0.3) is 0 Å².